The van der Waals surface area contributed by atoms with Gasteiger partial charge in [0.15, 0.2) is 0 Å². The molecule has 3 rings (SSSR count). The van der Waals surface area contributed by atoms with E-state index in [4.69, 9.17) is 4.42 Å². The Morgan fingerprint density at radius 2 is 1.93 bits per heavy atom. The fraction of sp³-hybridized carbons (Fsp3) is 0.421. The highest BCUT2D eigenvalue weighted by atomic mass is 19.4. The molecule has 0 aromatic carbocycles. The van der Waals surface area contributed by atoms with E-state index < -0.39 is 11.7 Å². The van der Waals surface area contributed by atoms with Gasteiger partial charge in [0, 0.05) is 25.2 Å². The second-order valence-corrected chi connectivity index (χ2v) is 6.74. The van der Waals surface area contributed by atoms with Crippen molar-refractivity contribution >= 4 is 17.6 Å². The molecule has 2 N–H and O–H groups in total. The van der Waals surface area contributed by atoms with Gasteiger partial charge in [0.1, 0.15) is 11.6 Å². The minimum absolute atomic E-state index is 0.125. The number of hydrogen-bond donors (Lipinski definition) is 2. The Labute approximate surface area is 165 Å². The summed E-state index contributed by atoms with van der Waals surface area (Å²) in [5, 5.41) is 5.26. The first-order valence-corrected chi connectivity index (χ1v) is 9.18. The van der Waals surface area contributed by atoms with Gasteiger partial charge in [0.05, 0.1) is 24.9 Å². The first-order chi connectivity index (χ1) is 13.8. The van der Waals surface area contributed by atoms with Crippen molar-refractivity contribution in [1.29, 1.82) is 0 Å². The summed E-state index contributed by atoms with van der Waals surface area (Å²) in [5.41, 5.74) is -0.791. The quantitative estimate of drug-likeness (QED) is 0.763. The zero-order valence-corrected chi connectivity index (χ0v) is 15.5. The number of amides is 2. The van der Waals surface area contributed by atoms with Gasteiger partial charge < -0.3 is 20.0 Å². The van der Waals surface area contributed by atoms with Crippen molar-refractivity contribution in [3.05, 3.63) is 48.0 Å². The predicted octanol–water partition coefficient (Wildman–Crippen LogP) is 2.34. The molecular formula is C19H21F3N4O3. The van der Waals surface area contributed by atoms with Gasteiger partial charge in [-0.3, -0.25) is 9.59 Å². The van der Waals surface area contributed by atoms with Crippen molar-refractivity contribution in [3.8, 4) is 0 Å². The first kappa shape index (κ1) is 20.7. The number of aromatic nitrogens is 1. The van der Waals surface area contributed by atoms with Crippen molar-refractivity contribution in [3.63, 3.8) is 0 Å². The van der Waals surface area contributed by atoms with Gasteiger partial charge >= 0.3 is 6.18 Å². The van der Waals surface area contributed by atoms with Crippen LogP contribution in [0.15, 0.2) is 41.1 Å². The number of piperidine rings is 1. The summed E-state index contributed by atoms with van der Waals surface area (Å²) in [6.07, 6.45) is -1.03. The van der Waals surface area contributed by atoms with Crippen LogP contribution in [-0.2, 0) is 22.3 Å². The second kappa shape index (κ2) is 8.97. The van der Waals surface area contributed by atoms with Crippen LogP contribution >= 0.6 is 0 Å². The summed E-state index contributed by atoms with van der Waals surface area (Å²) in [6, 6.07) is 5.79. The number of alkyl halides is 3. The molecule has 7 nitrogen and oxygen atoms in total. The molecule has 0 atom stereocenters. The Kier molecular flexibility index (Phi) is 6.40. The maximum Gasteiger partial charge on any atom is 0.417 e. The Balaban J connectivity index is 1.40. The normalized spacial score (nSPS) is 15.2. The third kappa shape index (κ3) is 5.72. The lowest BCUT2D eigenvalue weighted by molar-refractivity contribution is -0.137. The monoisotopic (exact) mass is 410 g/mol. The number of nitrogens with one attached hydrogen (secondary N) is 2. The molecule has 2 aromatic heterocycles. The van der Waals surface area contributed by atoms with E-state index >= 15 is 0 Å². The van der Waals surface area contributed by atoms with Gasteiger partial charge in [0.25, 0.3) is 0 Å². The molecule has 0 bridgehead atoms. The fourth-order valence-electron chi connectivity index (χ4n) is 3.08. The lowest BCUT2D eigenvalue weighted by Gasteiger charge is -2.32. The molecule has 1 fully saturated rings. The summed E-state index contributed by atoms with van der Waals surface area (Å²) >= 11 is 0. The van der Waals surface area contributed by atoms with Crippen molar-refractivity contribution < 1.29 is 27.2 Å². The van der Waals surface area contributed by atoms with Crippen molar-refractivity contribution in [1.82, 2.24) is 15.6 Å². The molecule has 29 heavy (non-hydrogen) atoms. The molecule has 2 aromatic rings. The molecule has 0 spiro atoms. The number of carbonyl (C=O) groups is 2. The highest BCUT2D eigenvalue weighted by molar-refractivity contribution is 5.85. The molecule has 0 radical (unpaired) electrons. The summed E-state index contributed by atoms with van der Waals surface area (Å²) in [4.78, 5) is 29.8. The number of pyridine rings is 1. The number of carbonyl (C=O) groups excluding carboxylic acids is 2. The maximum absolute atomic E-state index is 12.6. The first-order valence-electron chi connectivity index (χ1n) is 9.18. The molecule has 1 aliphatic heterocycles. The minimum Gasteiger partial charge on any atom is -0.467 e. The van der Waals surface area contributed by atoms with Gasteiger partial charge in [0.2, 0.25) is 11.8 Å². The van der Waals surface area contributed by atoms with Gasteiger partial charge in [-0.15, -0.1) is 0 Å². The molecule has 1 saturated heterocycles. The van der Waals surface area contributed by atoms with E-state index in [2.05, 4.69) is 15.6 Å². The summed E-state index contributed by atoms with van der Waals surface area (Å²) in [6.45, 7) is 1.13. The summed E-state index contributed by atoms with van der Waals surface area (Å²) < 4.78 is 43.0. The molecular weight excluding hydrogens is 389 g/mol. The van der Waals surface area contributed by atoms with Gasteiger partial charge in [-0.1, -0.05) is 0 Å². The number of halogens is 3. The smallest absolute Gasteiger partial charge is 0.417 e. The average molecular weight is 410 g/mol. The molecule has 10 heteroatoms. The van der Waals surface area contributed by atoms with Crippen LogP contribution in [-0.4, -0.2) is 36.4 Å². The van der Waals surface area contributed by atoms with E-state index in [0.29, 0.717) is 37.5 Å². The van der Waals surface area contributed by atoms with Crippen molar-refractivity contribution in [2.24, 2.45) is 5.92 Å². The van der Waals surface area contributed by atoms with E-state index in [1.807, 2.05) is 4.90 Å². The minimum atomic E-state index is -4.42. The lowest BCUT2D eigenvalue weighted by atomic mass is 9.96. The molecule has 1 aliphatic rings. The van der Waals surface area contributed by atoms with E-state index in [0.717, 1.165) is 12.3 Å². The average Bonchev–Trinajstić information content (AvgIpc) is 3.24. The van der Waals surface area contributed by atoms with Crippen LogP contribution < -0.4 is 15.5 Å². The van der Waals surface area contributed by atoms with Crippen LogP contribution in [0, 0.1) is 5.92 Å². The standard InChI is InChI=1S/C19H21F3N4O3/c20-19(21,22)14-3-4-16(23-10-14)26-7-5-13(6-8-26)18(28)25-12-17(27)24-11-15-2-1-9-29-15/h1-4,9-10,13H,5-8,11-12H2,(H,24,27)(H,25,28). The van der Waals surface area contributed by atoms with E-state index in [-0.39, 0.29) is 30.8 Å². The van der Waals surface area contributed by atoms with Crippen molar-refractivity contribution in [2.45, 2.75) is 25.6 Å². The van der Waals surface area contributed by atoms with Crippen LogP contribution in [0.4, 0.5) is 19.0 Å². The van der Waals surface area contributed by atoms with Crippen LogP contribution in [0.5, 0.6) is 0 Å². The summed E-state index contributed by atoms with van der Waals surface area (Å²) in [5.74, 6) is 0.293. The zero-order valence-electron chi connectivity index (χ0n) is 15.5. The summed E-state index contributed by atoms with van der Waals surface area (Å²) in [7, 11) is 0. The molecule has 2 amide bonds. The number of rotatable bonds is 6. The SMILES string of the molecule is O=C(CNC(=O)C1CCN(c2ccc(C(F)(F)F)cn2)CC1)NCc1ccco1. The maximum atomic E-state index is 12.6. The highest BCUT2D eigenvalue weighted by Crippen LogP contribution is 2.30. The second-order valence-electron chi connectivity index (χ2n) is 6.74. The largest absolute Gasteiger partial charge is 0.467 e. The molecule has 156 valence electrons. The fourth-order valence-corrected chi connectivity index (χ4v) is 3.08. The van der Waals surface area contributed by atoms with E-state index in [1.165, 1.54) is 12.3 Å². The number of hydrogen-bond acceptors (Lipinski definition) is 5. The third-order valence-electron chi connectivity index (χ3n) is 4.73. The molecule has 0 aliphatic carbocycles. The molecule has 0 unspecified atom stereocenters. The number of furan rings is 1. The van der Waals surface area contributed by atoms with Gasteiger partial charge in [-0.05, 0) is 37.1 Å². The van der Waals surface area contributed by atoms with Crippen LogP contribution in [0.25, 0.3) is 0 Å². The van der Waals surface area contributed by atoms with Crippen LogP contribution in [0.1, 0.15) is 24.2 Å². The third-order valence-corrected chi connectivity index (χ3v) is 4.73. The molecule has 0 saturated carbocycles. The highest BCUT2D eigenvalue weighted by Gasteiger charge is 2.31. The predicted molar refractivity (Wildman–Crippen MR) is 97.7 cm³/mol. The Hall–Kier alpha value is -3.04. The topological polar surface area (TPSA) is 87.5 Å². The number of anilines is 1. The van der Waals surface area contributed by atoms with Gasteiger partial charge in [-0.2, -0.15) is 13.2 Å². The van der Waals surface area contributed by atoms with Crippen LogP contribution in [0.3, 0.4) is 0 Å². The number of nitrogens with zero attached hydrogens (tertiary/aromatic N) is 2. The van der Waals surface area contributed by atoms with Crippen molar-refractivity contribution in [2.75, 3.05) is 24.5 Å². The zero-order chi connectivity index (χ0) is 20.9. The van der Waals surface area contributed by atoms with Gasteiger partial charge in [-0.25, -0.2) is 4.98 Å². The molecule has 3 heterocycles. The van der Waals surface area contributed by atoms with E-state index in [9.17, 15) is 22.8 Å². The lowest BCUT2D eigenvalue weighted by Crippen LogP contribution is -2.43. The Morgan fingerprint density at radius 1 is 1.17 bits per heavy atom. The van der Waals surface area contributed by atoms with E-state index in [1.54, 1.807) is 12.1 Å². The van der Waals surface area contributed by atoms with Crippen LogP contribution in [0.2, 0.25) is 0 Å². The Morgan fingerprint density at radius 3 is 2.52 bits per heavy atom. The Bertz CT molecular complexity index is 814.